The van der Waals surface area contributed by atoms with Crippen LogP contribution in [0.15, 0.2) is 0 Å². The highest BCUT2D eigenvalue weighted by molar-refractivity contribution is 5.68. The Morgan fingerprint density at radius 3 is 2.24 bits per heavy atom. The van der Waals surface area contributed by atoms with Crippen molar-refractivity contribution in [1.29, 1.82) is 0 Å². The molecule has 4 nitrogen and oxygen atoms in total. The largest absolute Gasteiger partial charge is 0.481 e. The molecule has 0 unspecified atom stereocenters. The Kier molecular flexibility index (Phi) is 5.40. The summed E-state index contributed by atoms with van der Waals surface area (Å²) in [7, 11) is 1.74. The summed E-state index contributed by atoms with van der Waals surface area (Å²) in [6.07, 6.45) is 4.37. The normalized spacial score (nSPS) is 29.5. The van der Waals surface area contributed by atoms with Crippen molar-refractivity contribution < 1.29 is 14.6 Å². The zero-order chi connectivity index (χ0) is 12.9. The van der Waals surface area contributed by atoms with E-state index in [0.29, 0.717) is 6.10 Å². The van der Waals surface area contributed by atoms with E-state index in [1.165, 1.54) is 0 Å². The summed E-state index contributed by atoms with van der Waals surface area (Å²) in [5, 5.41) is 9.14. The summed E-state index contributed by atoms with van der Waals surface area (Å²) in [6, 6.07) is 0. The van der Waals surface area contributed by atoms with E-state index in [-0.39, 0.29) is 12.0 Å². The van der Waals surface area contributed by atoms with E-state index in [4.69, 9.17) is 9.84 Å². The number of hydrogen-bond donors (Lipinski definition) is 1. The fourth-order valence-electron chi connectivity index (χ4n) is 3.15. The van der Waals surface area contributed by atoms with Gasteiger partial charge < -0.3 is 9.84 Å². The van der Waals surface area contributed by atoms with Gasteiger partial charge in [-0.05, 0) is 38.8 Å². The lowest BCUT2D eigenvalue weighted by Gasteiger charge is -2.46. The molecule has 0 aromatic rings. The van der Waals surface area contributed by atoms with E-state index >= 15 is 0 Å². The van der Waals surface area contributed by atoms with Crippen LogP contribution in [0, 0.1) is 0 Å². The highest BCUT2D eigenvalue weighted by Crippen LogP contribution is 2.37. The minimum atomic E-state index is -0.687. The first-order chi connectivity index (χ1) is 8.07. The quantitative estimate of drug-likeness (QED) is 0.776. The van der Waals surface area contributed by atoms with E-state index < -0.39 is 5.97 Å². The molecular weight excluding hydrogens is 218 g/mol. The van der Waals surface area contributed by atoms with Gasteiger partial charge >= 0.3 is 5.97 Å². The van der Waals surface area contributed by atoms with Crippen molar-refractivity contribution >= 4 is 5.97 Å². The van der Waals surface area contributed by atoms with Gasteiger partial charge in [-0.2, -0.15) is 0 Å². The van der Waals surface area contributed by atoms with Crippen LogP contribution in [0.2, 0.25) is 0 Å². The number of carboxylic acid groups (broad SMARTS) is 1. The van der Waals surface area contributed by atoms with Gasteiger partial charge in [-0.3, -0.25) is 9.69 Å². The molecule has 0 spiro atoms. The third-order valence-corrected chi connectivity index (χ3v) is 4.11. The molecule has 1 saturated carbocycles. The lowest BCUT2D eigenvalue weighted by Crippen LogP contribution is -2.52. The van der Waals surface area contributed by atoms with Gasteiger partial charge in [-0.1, -0.05) is 13.8 Å². The molecule has 0 aromatic heterocycles. The van der Waals surface area contributed by atoms with Crippen molar-refractivity contribution in [2.24, 2.45) is 0 Å². The van der Waals surface area contributed by atoms with Gasteiger partial charge in [0.05, 0.1) is 12.5 Å². The second-order valence-corrected chi connectivity index (χ2v) is 4.90. The number of aliphatic carboxylic acids is 1. The Bertz CT molecular complexity index is 243. The fourth-order valence-corrected chi connectivity index (χ4v) is 3.15. The van der Waals surface area contributed by atoms with Crippen LogP contribution in [0.1, 0.15) is 46.0 Å². The lowest BCUT2D eigenvalue weighted by atomic mass is 9.76. The Morgan fingerprint density at radius 2 is 1.88 bits per heavy atom. The standard InChI is InChI=1S/C13H25NO3/c1-4-14(5-2)13(10-12(15)16)8-6-11(17-3)7-9-13/h11H,4-10H2,1-3H3,(H,15,16). The van der Waals surface area contributed by atoms with Crippen molar-refractivity contribution in [2.75, 3.05) is 20.2 Å². The molecule has 100 valence electrons. The topological polar surface area (TPSA) is 49.8 Å². The Morgan fingerprint density at radius 1 is 1.35 bits per heavy atom. The second-order valence-electron chi connectivity index (χ2n) is 4.90. The van der Waals surface area contributed by atoms with Crippen LogP contribution >= 0.6 is 0 Å². The van der Waals surface area contributed by atoms with Crippen molar-refractivity contribution in [2.45, 2.75) is 57.6 Å². The summed E-state index contributed by atoms with van der Waals surface area (Å²) in [5.41, 5.74) is -0.148. The summed E-state index contributed by atoms with van der Waals surface area (Å²) in [5.74, 6) is -0.687. The van der Waals surface area contributed by atoms with Crippen LogP contribution < -0.4 is 0 Å². The van der Waals surface area contributed by atoms with Crippen LogP contribution in [-0.4, -0.2) is 47.8 Å². The maximum atomic E-state index is 11.1. The molecule has 1 rings (SSSR count). The first-order valence-corrected chi connectivity index (χ1v) is 6.57. The van der Waals surface area contributed by atoms with Gasteiger partial charge in [0.1, 0.15) is 0 Å². The SMILES string of the molecule is CCN(CC)C1(CC(=O)O)CCC(OC)CC1. The maximum Gasteiger partial charge on any atom is 0.305 e. The number of methoxy groups -OCH3 is 1. The van der Waals surface area contributed by atoms with Crippen LogP contribution in [0.25, 0.3) is 0 Å². The molecule has 0 heterocycles. The third kappa shape index (κ3) is 3.42. The van der Waals surface area contributed by atoms with Gasteiger partial charge in [-0.25, -0.2) is 0 Å². The fraction of sp³-hybridized carbons (Fsp3) is 0.923. The van der Waals surface area contributed by atoms with Crippen LogP contribution in [0.5, 0.6) is 0 Å². The molecule has 0 aromatic carbocycles. The monoisotopic (exact) mass is 243 g/mol. The van der Waals surface area contributed by atoms with Crippen LogP contribution in [0.4, 0.5) is 0 Å². The molecule has 1 fully saturated rings. The Hall–Kier alpha value is -0.610. The average molecular weight is 243 g/mol. The second kappa shape index (κ2) is 6.36. The molecular formula is C13H25NO3. The Balaban J connectivity index is 2.77. The summed E-state index contributed by atoms with van der Waals surface area (Å²) in [6.45, 7) is 6.05. The summed E-state index contributed by atoms with van der Waals surface area (Å²) >= 11 is 0. The van der Waals surface area contributed by atoms with Crippen LogP contribution in [0.3, 0.4) is 0 Å². The van der Waals surface area contributed by atoms with E-state index in [9.17, 15) is 4.79 Å². The van der Waals surface area contributed by atoms with Crippen molar-refractivity contribution in [1.82, 2.24) is 4.90 Å². The number of nitrogens with zero attached hydrogens (tertiary/aromatic N) is 1. The van der Waals surface area contributed by atoms with E-state index in [1.807, 2.05) is 0 Å². The molecule has 17 heavy (non-hydrogen) atoms. The minimum absolute atomic E-state index is 0.148. The molecule has 0 aliphatic heterocycles. The molecule has 0 saturated heterocycles. The molecule has 0 atom stereocenters. The van der Waals surface area contributed by atoms with Crippen LogP contribution in [-0.2, 0) is 9.53 Å². The van der Waals surface area contributed by atoms with Gasteiger partial charge in [0.25, 0.3) is 0 Å². The van der Waals surface area contributed by atoms with Crippen molar-refractivity contribution in [3.8, 4) is 0 Å². The first-order valence-electron chi connectivity index (χ1n) is 6.57. The van der Waals surface area contributed by atoms with E-state index in [0.717, 1.165) is 38.8 Å². The van der Waals surface area contributed by atoms with Crippen molar-refractivity contribution in [3.05, 3.63) is 0 Å². The first kappa shape index (κ1) is 14.5. The smallest absolute Gasteiger partial charge is 0.305 e. The van der Waals surface area contributed by atoms with E-state index in [2.05, 4.69) is 18.7 Å². The molecule has 1 aliphatic carbocycles. The number of carbonyl (C=O) groups is 1. The van der Waals surface area contributed by atoms with Gasteiger partial charge in [0.2, 0.25) is 0 Å². The predicted molar refractivity (Wildman–Crippen MR) is 67.2 cm³/mol. The zero-order valence-electron chi connectivity index (χ0n) is 11.2. The minimum Gasteiger partial charge on any atom is -0.481 e. The van der Waals surface area contributed by atoms with E-state index in [1.54, 1.807) is 7.11 Å². The lowest BCUT2D eigenvalue weighted by molar-refractivity contribution is -0.142. The molecule has 0 radical (unpaired) electrons. The Labute approximate surface area is 104 Å². The third-order valence-electron chi connectivity index (χ3n) is 4.11. The molecule has 0 amide bonds. The van der Waals surface area contributed by atoms with Gasteiger partial charge in [0.15, 0.2) is 0 Å². The van der Waals surface area contributed by atoms with Crippen molar-refractivity contribution in [3.63, 3.8) is 0 Å². The number of ether oxygens (including phenoxy) is 1. The number of hydrogen-bond acceptors (Lipinski definition) is 3. The predicted octanol–water partition coefficient (Wildman–Crippen LogP) is 2.13. The maximum absolute atomic E-state index is 11.1. The molecule has 1 N–H and O–H groups in total. The highest BCUT2D eigenvalue weighted by Gasteiger charge is 2.40. The molecule has 1 aliphatic rings. The molecule has 4 heteroatoms. The molecule has 0 bridgehead atoms. The average Bonchev–Trinajstić information content (AvgIpc) is 2.30. The summed E-state index contributed by atoms with van der Waals surface area (Å²) in [4.78, 5) is 13.4. The highest BCUT2D eigenvalue weighted by atomic mass is 16.5. The van der Waals surface area contributed by atoms with Gasteiger partial charge in [-0.15, -0.1) is 0 Å². The zero-order valence-corrected chi connectivity index (χ0v) is 11.2. The van der Waals surface area contributed by atoms with Gasteiger partial charge in [0, 0.05) is 12.6 Å². The summed E-state index contributed by atoms with van der Waals surface area (Å²) < 4.78 is 5.37. The number of carboxylic acids is 1. The number of rotatable bonds is 6.